The van der Waals surface area contributed by atoms with Gasteiger partial charge in [-0.25, -0.2) is 0 Å². The summed E-state index contributed by atoms with van der Waals surface area (Å²) in [5.41, 5.74) is 5.91. The summed E-state index contributed by atoms with van der Waals surface area (Å²) in [6, 6.07) is 18.0. The first-order chi connectivity index (χ1) is 16.1. The number of aromatic nitrogens is 1. The van der Waals surface area contributed by atoms with Crippen molar-refractivity contribution < 1.29 is 4.79 Å². The molecule has 0 atom stereocenters. The lowest BCUT2D eigenvalue weighted by molar-refractivity contribution is 0.0952. The molecule has 0 aliphatic heterocycles. The molecule has 1 aromatic heterocycles. The van der Waals surface area contributed by atoms with Gasteiger partial charge in [-0.15, -0.1) is 0 Å². The molecule has 0 spiro atoms. The second-order valence-electron chi connectivity index (χ2n) is 8.03. The average Bonchev–Trinajstić information content (AvgIpc) is 2.85. The molecule has 5 nitrogen and oxygen atoms in total. The third kappa shape index (κ3) is 7.58. The van der Waals surface area contributed by atoms with Crippen molar-refractivity contribution in [3.63, 3.8) is 0 Å². The third-order valence-corrected chi connectivity index (χ3v) is 5.69. The fourth-order valence-electron chi connectivity index (χ4n) is 3.54. The number of nitrogens with one attached hydrogen (secondary N) is 2. The number of aryl methyl sites for hydroxylation is 1. The Morgan fingerprint density at radius 2 is 1.61 bits per heavy atom. The summed E-state index contributed by atoms with van der Waals surface area (Å²) in [6.45, 7) is 10.1. The van der Waals surface area contributed by atoms with E-state index in [0.717, 1.165) is 54.1 Å². The largest absolute Gasteiger partial charge is 0.355 e. The van der Waals surface area contributed by atoms with Crippen LogP contribution in [0, 0.1) is 6.92 Å². The number of hydrogen-bond acceptors (Lipinski definition) is 4. The molecule has 2 aromatic carbocycles. The van der Waals surface area contributed by atoms with Crippen LogP contribution in [0.2, 0.25) is 0 Å². The quantitative estimate of drug-likeness (QED) is 0.370. The van der Waals surface area contributed by atoms with E-state index < -0.39 is 0 Å². The van der Waals surface area contributed by atoms with Gasteiger partial charge in [-0.2, -0.15) is 0 Å². The molecule has 0 saturated heterocycles. The summed E-state index contributed by atoms with van der Waals surface area (Å²) in [6.07, 6.45) is 8.67. The van der Waals surface area contributed by atoms with E-state index in [4.69, 9.17) is 0 Å². The maximum Gasteiger partial charge on any atom is 0.251 e. The molecule has 2 N–H and O–H groups in total. The molecule has 33 heavy (non-hydrogen) atoms. The van der Waals surface area contributed by atoms with E-state index in [2.05, 4.69) is 58.6 Å². The van der Waals surface area contributed by atoms with E-state index in [0.29, 0.717) is 12.1 Å². The van der Waals surface area contributed by atoms with Gasteiger partial charge in [0.25, 0.3) is 5.91 Å². The van der Waals surface area contributed by atoms with E-state index in [1.807, 2.05) is 49.4 Å². The van der Waals surface area contributed by atoms with Gasteiger partial charge in [0.2, 0.25) is 0 Å². The van der Waals surface area contributed by atoms with Gasteiger partial charge in [-0.05, 0) is 86.1 Å². The number of anilines is 2. The fraction of sp³-hybridized carbons (Fsp3) is 0.286. The van der Waals surface area contributed by atoms with Crippen LogP contribution < -0.4 is 10.6 Å². The van der Waals surface area contributed by atoms with Crippen LogP contribution in [0.5, 0.6) is 0 Å². The molecule has 0 bridgehead atoms. The topological polar surface area (TPSA) is 57.3 Å². The maximum atomic E-state index is 12.6. The van der Waals surface area contributed by atoms with Gasteiger partial charge in [0.05, 0.1) is 0 Å². The molecular weight excluding hydrogens is 408 g/mol. The van der Waals surface area contributed by atoms with Crippen LogP contribution in [0.15, 0.2) is 67.0 Å². The third-order valence-electron chi connectivity index (χ3n) is 5.69. The number of hydrogen-bond donors (Lipinski definition) is 2. The minimum absolute atomic E-state index is 0.0332. The standard InChI is InChI=1S/C28H34N4O/c1-4-32(5-2)20-6-17-30-28(33)25-12-7-22(3)27(21-25)31-26-13-10-23(11-14-26)8-9-24-15-18-29-19-16-24/h7-16,18-19,21,31H,4-6,17,20H2,1-3H3,(H,30,33)/b9-8+. The Balaban J connectivity index is 1.58. The van der Waals surface area contributed by atoms with E-state index in [9.17, 15) is 4.79 Å². The lowest BCUT2D eigenvalue weighted by Crippen LogP contribution is -2.29. The molecule has 0 fully saturated rings. The van der Waals surface area contributed by atoms with Crippen LogP contribution in [0.25, 0.3) is 12.2 Å². The van der Waals surface area contributed by atoms with Crippen LogP contribution in [0.1, 0.15) is 47.3 Å². The smallest absolute Gasteiger partial charge is 0.251 e. The van der Waals surface area contributed by atoms with Crippen molar-refractivity contribution in [2.75, 3.05) is 31.5 Å². The first kappa shape index (κ1) is 24.2. The Morgan fingerprint density at radius 1 is 0.939 bits per heavy atom. The maximum absolute atomic E-state index is 12.6. The van der Waals surface area contributed by atoms with Gasteiger partial charge < -0.3 is 15.5 Å². The average molecular weight is 443 g/mol. The molecule has 1 heterocycles. The zero-order valence-corrected chi connectivity index (χ0v) is 19.8. The molecule has 0 aliphatic rings. The zero-order valence-electron chi connectivity index (χ0n) is 19.8. The van der Waals surface area contributed by atoms with Crippen LogP contribution in [-0.2, 0) is 0 Å². The predicted octanol–water partition coefficient (Wildman–Crippen LogP) is 5.77. The SMILES string of the molecule is CCN(CC)CCCNC(=O)c1ccc(C)c(Nc2ccc(/C=C/c3ccncc3)cc2)c1. The molecule has 3 aromatic rings. The van der Waals surface area contributed by atoms with Crippen molar-refractivity contribution >= 4 is 29.4 Å². The highest BCUT2D eigenvalue weighted by Crippen LogP contribution is 2.23. The summed E-state index contributed by atoms with van der Waals surface area (Å²) in [4.78, 5) is 19.0. The van der Waals surface area contributed by atoms with E-state index in [1.165, 1.54) is 0 Å². The monoisotopic (exact) mass is 442 g/mol. The van der Waals surface area contributed by atoms with Gasteiger partial charge in [-0.1, -0.05) is 44.2 Å². The Labute approximate surface area is 197 Å². The number of nitrogens with zero attached hydrogens (tertiary/aromatic N) is 2. The summed E-state index contributed by atoms with van der Waals surface area (Å²) >= 11 is 0. The summed E-state index contributed by atoms with van der Waals surface area (Å²) in [5.74, 6) is -0.0332. The number of pyridine rings is 1. The van der Waals surface area contributed by atoms with Gasteiger partial charge in [0.1, 0.15) is 0 Å². The Kier molecular flexibility index (Phi) is 9.21. The van der Waals surface area contributed by atoms with E-state index in [-0.39, 0.29) is 5.91 Å². The Morgan fingerprint density at radius 3 is 2.27 bits per heavy atom. The Hall–Kier alpha value is -3.44. The summed E-state index contributed by atoms with van der Waals surface area (Å²) < 4.78 is 0. The molecule has 5 heteroatoms. The highest BCUT2D eigenvalue weighted by molar-refractivity contribution is 5.95. The van der Waals surface area contributed by atoms with Crippen LogP contribution in [0.3, 0.4) is 0 Å². The van der Waals surface area contributed by atoms with E-state index in [1.54, 1.807) is 12.4 Å². The molecule has 0 saturated carbocycles. The lowest BCUT2D eigenvalue weighted by Gasteiger charge is -2.17. The van der Waals surface area contributed by atoms with Gasteiger partial charge >= 0.3 is 0 Å². The van der Waals surface area contributed by atoms with Crippen molar-refractivity contribution in [2.45, 2.75) is 27.2 Å². The predicted molar refractivity (Wildman–Crippen MR) is 139 cm³/mol. The van der Waals surface area contributed by atoms with Crippen molar-refractivity contribution in [3.05, 3.63) is 89.2 Å². The van der Waals surface area contributed by atoms with Crippen molar-refractivity contribution in [3.8, 4) is 0 Å². The second kappa shape index (κ2) is 12.6. The lowest BCUT2D eigenvalue weighted by atomic mass is 10.1. The molecule has 0 aliphatic carbocycles. The van der Waals surface area contributed by atoms with Crippen LogP contribution >= 0.6 is 0 Å². The first-order valence-corrected chi connectivity index (χ1v) is 11.7. The molecule has 0 unspecified atom stereocenters. The molecule has 0 radical (unpaired) electrons. The minimum atomic E-state index is -0.0332. The zero-order chi connectivity index (χ0) is 23.5. The number of benzene rings is 2. The molecule has 3 rings (SSSR count). The summed E-state index contributed by atoms with van der Waals surface area (Å²) in [5, 5.41) is 6.49. The first-order valence-electron chi connectivity index (χ1n) is 11.7. The molecular formula is C28H34N4O. The van der Waals surface area contributed by atoms with E-state index >= 15 is 0 Å². The van der Waals surface area contributed by atoms with Crippen LogP contribution in [0.4, 0.5) is 11.4 Å². The van der Waals surface area contributed by atoms with Crippen LogP contribution in [-0.4, -0.2) is 42.0 Å². The van der Waals surface area contributed by atoms with Gasteiger partial charge in [0.15, 0.2) is 0 Å². The highest BCUT2D eigenvalue weighted by atomic mass is 16.1. The summed E-state index contributed by atoms with van der Waals surface area (Å²) in [7, 11) is 0. The highest BCUT2D eigenvalue weighted by Gasteiger charge is 2.09. The van der Waals surface area contributed by atoms with Gasteiger partial charge in [-0.3, -0.25) is 9.78 Å². The fourth-order valence-corrected chi connectivity index (χ4v) is 3.54. The van der Waals surface area contributed by atoms with Gasteiger partial charge in [0, 0.05) is 35.9 Å². The number of amides is 1. The number of carbonyl (C=O) groups excluding carboxylic acids is 1. The van der Waals surface area contributed by atoms with Crippen molar-refractivity contribution in [2.24, 2.45) is 0 Å². The normalized spacial score (nSPS) is 11.2. The second-order valence-corrected chi connectivity index (χ2v) is 8.03. The minimum Gasteiger partial charge on any atom is -0.355 e. The van der Waals surface area contributed by atoms with Crippen molar-refractivity contribution in [1.82, 2.24) is 15.2 Å². The molecule has 172 valence electrons. The Bertz CT molecular complexity index is 1040. The molecule has 1 amide bonds. The number of rotatable bonds is 11. The number of carbonyl (C=O) groups is 1. The van der Waals surface area contributed by atoms with Crippen molar-refractivity contribution in [1.29, 1.82) is 0 Å².